The molecule has 1 aromatic heterocycles. The number of anilines is 1. The number of aromatic nitrogens is 1. The van der Waals surface area contributed by atoms with Gasteiger partial charge in [0.05, 0.1) is 5.56 Å². The highest BCUT2D eigenvalue weighted by Crippen LogP contribution is 2.35. The van der Waals surface area contributed by atoms with E-state index in [1.807, 2.05) is 32.3 Å². The van der Waals surface area contributed by atoms with Crippen LogP contribution in [0, 0.1) is 5.82 Å². The smallest absolute Gasteiger partial charge is 0.257 e. The lowest BCUT2D eigenvalue weighted by Gasteiger charge is -2.22. The van der Waals surface area contributed by atoms with Crippen LogP contribution >= 0.6 is 0 Å². The van der Waals surface area contributed by atoms with Crippen LogP contribution in [0.3, 0.4) is 0 Å². The van der Waals surface area contributed by atoms with Crippen molar-refractivity contribution in [2.24, 2.45) is 0 Å². The molecule has 3 aromatic carbocycles. The summed E-state index contributed by atoms with van der Waals surface area (Å²) in [4.78, 5) is 21.4. The number of carbonyl (C=O) groups is 1. The zero-order chi connectivity index (χ0) is 22.2. The molecule has 1 fully saturated rings. The van der Waals surface area contributed by atoms with E-state index in [4.69, 9.17) is 9.40 Å². The first-order chi connectivity index (χ1) is 15.5. The van der Waals surface area contributed by atoms with Gasteiger partial charge in [0.2, 0.25) is 5.89 Å². The van der Waals surface area contributed by atoms with Gasteiger partial charge in [-0.15, -0.1) is 0 Å². The molecule has 5 rings (SSSR count). The summed E-state index contributed by atoms with van der Waals surface area (Å²) in [5.74, 6) is -0.331. The third-order valence-electron chi connectivity index (χ3n) is 6.02. The molecule has 4 aromatic rings. The van der Waals surface area contributed by atoms with Crippen LogP contribution in [0.2, 0.25) is 0 Å². The van der Waals surface area contributed by atoms with Crippen molar-refractivity contribution in [3.05, 3.63) is 84.0 Å². The number of hydrogen-bond donors (Lipinski definition) is 0. The van der Waals surface area contributed by atoms with E-state index < -0.39 is 5.82 Å². The summed E-state index contributed by atoms with van der Waals surface area (Å²) < 4.78 is 20.2. The van der Waals surface area contributed by atoms with Crippen LogP contribution in [0.1, 0.15) is 35.1 Å². The molecule has 0 radical (unpaired) electrons. The molecule has 5 nitrogen and oxygen atoms in total. The molecule has 162 valence electrons. The summed E-state index contributed by atoms with van der Waals surface area (Å²) in [6, 6.07) is 20.1. The molecule has 2 heterocycles. The molecule has 1 amide bonds. The fourth-order valence-electron chi connectivity index (χ4n) is 4.28. The van der Waals surface area contributed by atoms with Crippen LogP contribution in [-0.2, 0) is 0 Å². The van der Waals surface area contributed by atoms with E-state index in [0.29, 0.717) is 18.0 Å². The zero-order valence-electron chi connectivity index (χ0n) is 18.1. The summed E-state index contributed by atoms with van der Waals surface area (Å²) in [6.45, 7) is 0.556. The fraction of sp³-hybridized carbons (Fsp3) is 0.231. The lowest BCUT2D eigenvalue weighted by molar-refractivity contribution is 0.0712. The van der Waals surface area contributed by atoms with Crippen LogP contribution in [0.5, 0.6) is 0 Å². The SMILES string of the molecule is CN(C)c1ccc(-c2ccc3oc([C@@H]4CCCN4C(=O)c4ccccc4F)nc3c2)cc1. The van der Waals surface area contributed by atoms with E-state index in [0.717, 1.165) is 35.2 Å². The van der Waals surface area contributed by atoms with Gasteiger partial charge in [0, 0.05) is 26.3 Å². The lowest BCUT2D eigenvalue weighted by Crippen LogP contribution is -2.31. The van der Waals surface area contributed by atoms with Crippen LogP contribution in [0.4, 0.5) is 10.1 Å². The minimum Gasteiger partial charge on any atom is -0.438 e. The number of likely N-dealkylation sites (tertiary alicyclic amines) is 1. The van der Waals surface area contributed by atoms with Gasteiger partial charge in [0.25, 0.3) is 5.91 Å². The Hall–Kier alpha value is -3.67. The van der Waals surface area contributed by atoms with Gasteiger partial charge in [-0.2, -0.15) is 0 Å². The Bertz CT molecular complexity index is 1280. The van der Waals surface area contributed by atoms with Gasteiger partial charge in [-0.25, -0.2) is 9.37 Å². The fourth-order valence-corrected chi connectivity index (χ4v) is 4.28. The second-order valence-electron chi connectivity index (χ2n) is 8.31. The summed E-state index contributed by atoms with van der Waals surface area (Å²) >= 11 is 0. The van der Waals surface area contributed by atoms with Crippen LogP contribution in [0.15, 0.2) is 71.1 Å². The molecule has 0 spiro atoms. The first kappa shape index (κ1) is 20.2. The topological polar surface area (TPSA) is 49.6 Å². The van der Waals surface area contributed by atoms with Crippen LogP contribution in [0.25, 0.3) is 22.2 Å². The molecule has 1 aliphatic heterocycles. The van der Waals surface area contributed by atoms with Gasteiger partial charge in [-0.05, 0) is 60.4 Å². The Labute approximate surface area is 186 Å². The van der Waals surface area contributed by atoms with E-state index >= 15 is 0 Å². The summed E-state index contributed by atoms with van der Waals surface area (Å²) in [7, 11) is 4.03. The zero-order valence-corrected chi connectivity index (χ0v) is 18.1. The normalized spacial score (nSPS) is 16.0. The summed E-state index contributed by atoms with van der Waals surface area (Å²) in [6.07, 6.45) is 1.57. The molecule has 32 heavy (non-hydrogen) atoms. The highest BCUT2D eigenvalue weighted by molar-refractivity contribution is 5.95. The second kappa shape index (κ2) is 8.11. The lowest BCUT2D eigenvalue weighted by atomic mass is 10.0. The third kappa shape index (κ3) is 3.62. The van der Waals surface area contributed by atoms with Crippen molar-refractivity contribution in [2.75, 3.05) is 25.5 Å². The third-order valence-corrected chi connectivity index (χ3v) is 6.02. The largest absolute Gasteiger partial charge is 0.438 e. The standard InChI is InChI=1S/C26H24FN3O2/c1-29(2)19-12-9-17(10-13-19)18-11-14-24-22(16-18)28-25(32-24)23-8-5-15-30(23)26(31)20-6-3-4-7-21(20)27/h3-4,6-7,9-14,16,23H,5,8,15H2,1-2H3/t23-/m0/s1. The van der Waals surface area contributed by atoms with Crippen LogP contribution in [-0.4, -0.2) is 36.4 Å². The van der Waals surface area contributed by atoms with Crippen LogP contribution < -0.4 is 4.90 Å². The predicted molar refractivity (Wildman–Crippen MR) is 123 cm³/mol. The maximum absolute atomic E-state index is 14.2. The number of rotatable bonds is 4. The van der Waals surface area contributed by atoms with Gasteiger partial charge >= 0.3 is 0 Å². The van der Waals surface area contributed by atoms with Crippen molar-refractivity contribution < 1.29 is 13.6 Å². The van der Waals surface area contributed by atoms with E-state index in [1.165, 1.54) is 12.1 Å². The molecule has 1 aliphatic rings. The molecule has 6 heteroatoms. The Kier molecular flexibility index (Phi) is 5.13. The van der Waals surface area contributed by atoms with Crippen molar-refractivity contribution in [1.29, 1.82) is 0 Å². The minimum atomic E-state index is -0.509. The molecule has 0 saturated carbocycles. The molecular formula is C26H24FN3O2. The molecule has 0 bridgehead atoms. The second-order valence-corrected chi connectivity index (χ2v) is 8.31. The predicted octanol–water partition coefficient (Wildman–Crippen LogP) is 5.68. The van der Waals surface area contributed by atoms with Gasteiger partial charge in [0.1, 0.15) is 17.4 Å². The maximum atomic E-state index is 14.2. The number of hydrogen-bond acceptors (Lipinski definition) is 4. The van der Waals surface area contributed by atoms with Gasteiger partial charge < -0.3 is 14.2 Å². The van der Waals surface area contributed by atoms with Crippen molar-refractivity contribution in [1.82, 2.24) is 9.88 Å². The number of halogens is 1. The first-order valence-corrected chi connectivity index (χ1v) is 10.7. The van der Waals surface area contributed by atoms with E-state index in [9.17, 15) is 9.18 Å². The molecule has 0 N–H and O–H groups in total. The first-order valence-electron chi connectivity index (χ1n) is 10.7. The van der Waals surface area contributed by atoms with E-state index in [1.54, 1.807) is 17.0 Å². The number of amides is 1. The molecular weight excluding hydrogens is 405 g/mol. The quantitative estimate of drug-likeness (QED) is 0.419. The monoisotopic (exact) mass is 429 g/mol. The average molecular weight is 429 g/mol. The Morgan fingerprint density at radius 1 is 1.06 bits per heavy atom. The number of nitrogens with zero attached hydrogens (tertiary/aromatic N) is 3. The van der Waals surface area contributed by atoms with E-state index in [-0.39, 0.29) is 17.5 Å². The van der Waals surface area contributed by atoms with Gasteiger partial charge in [-0.1, -0.05) is 30.3 Å². The van der Waals surface area contributed by atoms with Gasteiger partial charge in [0.15, 0.2) is 5.58 Å². The van der Waals surface area contributed by atoms with Crippen molar-refractivity contribution in [3.8, 4) is 11.1 Å². The molecule has 1 atom stereocenters. The number of fused-ring (bicyclic) bond motifs is 1. The highest BCUT2D eigenvalue weighted by atomic mass is 19.1. The maximum Gasteiger partial charge on any atom is 0.257 e. The van der Waals surface area contributed by atoms with Crippen molar-refractivity contribution in [2.45, 2.75) is 18.9 Å². The molecule has 1 saturated heterocycles. The van der Waals surface area contributed by atoms with Crippen molar-refractivity contribution >= 4 is 22.7 Å². The Morgan fingerprint density at radius 2 is 1.81 bits per heavy atom. The number of benzene rings is 3. The Morgan fingerprint density at radius 3 is 2.56 bits per heavy atom. The minimum absolute atomic E-state index is 0.0824. The Balaban J connectivity index is 1.44. The molecule has 0 unspecified atom stereocenters. The average Bonchev–Trinajstić information content (AvgIpc) is 3.45. The van der Waals surface area contributed by atoms with E-state index in [2.05, 4.69) is 29.2 Å². The summed E-state index contributed by atoms with van der Waals surface area (Å²) in [5, 5.41) is 0. The number of carbonyl (C=O) groups excluding carboxylic acids is 1. The van der Waals surface area contributed by atoms with Gasteiger partial charge in [-0.3, -0.25) is 4.79 Å². The highest BCUT2D eigenvalue weighted by Gasteiger charge is 2.35. The summed E-state index contributed by atoms with van der Waals surface area (Å²) in [5.41, 5.74) is 4.80. The number of oxazole rings is 1. The van der Waals surface area contributed by atoms with Crippen molar-refractivity contribution in [3.63, 3.8) is 0 Å². The molecule has 0 aliphatic carbocycles.